The van der Waals surface area contributed by atoms with Crippen LogP contribution in [0, 0.1) is 0 Å². The largest absolute Gasteiger partial charge is 0.319 e. The third-order valence-electron chi connectivity index (χ3n) is 3.47. The minimum atomic E-state index is 0.545. The molecule has 0 aliphatic heterocycles. The van der Waals surface area contributed by atoms with Crippen LogP contribution in [0.15, 0.2) is 24.3 Å². The normalized spacial score (nSPS) is 14.9. The van der Waals surface area contributed by atoms with E-state index in [9.17, 15) is 0 Å². The summed E-state index contributed by atoms with van der Waals surface area (Å²) in [5.41, 5.74) is 2.96. The highest BCUT2D eigenvalue weighted by molar-refractivity contribution is 7.11. The number of fused-ring (bicyclic) bond motifs is 1. The van der Waals surface area contributed by atoms with Crippen LogP contribution in [0.25, 0.3) is 0 Å². The summed E-state index contributed by atoms with van der Waals surface area (Å²) >= 11 is 1.78. The maximum atomic E-state index is 4.37. The molecule has 1 N–H and O–H groups in total. The van der Waals surface area contributed by atoms with Crippen molar-refractivity contribution in [2.24, 2.45) is 0 Å². The zero-order valence-electron chi connectivity index (χ0n) is 10.5. The Morgan fingerprint density at radius 2 is 1.94 bits per heavy atom. The molecule has 4 heteroatoms. The number of hydrogen-bond donors (Lipinski definition) is 1. The van der Waals surface area contributed by atoms with Gasteiger partial charge in [0.05, 0.1) is 0 Å². The Bertz CT molecular complexity index is 510. The Morgan fingerprint density at radius 3 is 2.61 bits per heavy atom. The van der Waals surface area contributed by atoms with Gasteiger partial charge in [0.1, 0.15) is 10.0 Å². The van der Waals surface area contributed by atoms with Gasteiger partial charge in [0.2, 0.25) is 0 Å². The molecule has 0 amide bonds. The number of aromatic nitrogens is 2. The van der Waals surface area contributed by atoms with E-state index in [0.717, 1.165) is 30.8 Å². The van der Waals surface area contributed by atoms with E-state index < -0.39 is 0 Å². The van der Waals surface area contributed by atoms with Gasteiger partial charge in [-0.05, 0) is 31.0 Å². The van der Waals surface area contributed by atoms with Crippen molar-refractivity contribution in [3.05, 3.63) is 45.4 Å². The Balaban J connectivity index is 1.72. The first-order valence-electron chi connectivity index (χ1n) is 6.40. The van der Waals surface area contributed by atoms with E-state index in [-0.39, 0.29) is 0 Å². The summed E-state index contributed by atoms with van der Waals surface area (Å²) in [6.45, 7) is 0.972. The third kappa shape index (κ3) is 2.31. The second-order valence-corrected chi connectivity index (χ2v) is 5.86. The van der Waals surface area contributed by atoms with Gasteiger partial charge < -0.3 is 5.32 Å². The summed E-state index contributed by atoms with van der Waals surface area (Å²) < 4.78 is 0. The van der Waals surface area contributed by atoms with Gasteiger partial charge in [0.25, 0.3) is 0 Å². The number of nitrogens with one attached hydrogen (secondary N) is 1. The van der Waals surface area contributed by atoms with Crippen molar-refractivity contribution in [3.8, 4) is 0 Å². The van der Waals surface area contributed by atoms with E-state index in [4.69, 9.17) is 0 Å². The number of rotatable bonds is 4. The SMILES string of the molecule is CNCCc1nnc(C2Cc3ccccc3C2)s1. The van der Waals surface area contributed by atoms with Crippen molar-refractivity contribution in [2.45, 2.75) is 25.2 Å². The smallest absolute Gasteiger partial charge is 0.121 e. The van der Waals surface area contributed by atoms with Crippen LogP contribution in [0.2, 0.25) is 0 Å². The first-order chi connectivity index (χ1) is 8.86. The molecule has 0 radical (unpaired) electrons. The monoisotopic (exact) mass is 259 g/mol. The lowest BCUT2D eigenvalue weighted by molar-refractivity contribution is 0.716. The average Bonchev–Trinajstić information content (AvgIpc) is 3.02. The molecule has 0 unspecified atom stereocenters. The van der Waals surface area contributed by atoms with Crippen LogP contribution < -0.4 is 5.32 Å². The first-order valence-corrected chi connectivity index (χ1v) is 7.22. The van der Waals surface area contributed by atoms with Gasteiger partial charge in [-0.1, -0.05) is 24.3 Å². The van der Waals surface area contributed by atoms with Crippen LogP contribution in [0.3, 0.4) is 0 Å². The van der Waals surface area contributed by atoms with Gasteiger partial charge in [0.15, 0.2) is 0 Å². The molecule has 3 nitrogen and oxygen atoms in total. The summed E-state index contributed by atoms with van der Waals surface area (Å²) in [6.07, 6.45) is 3.22. The summed E-state index contributed by atoms with van der Waals surface area (Å²) in [5.74, 6) is 0.545. The predicted molar refractivity (Wildman–Crippen MR) is 74.1 cm³/mol. The molecule has 0 atom stereocenters. The molecule has 0 saturated carbocycles. The van der Waals surface area contributed by atoms with Crippen LogP contribution in [-0.4, -0.2) is 23.8 Å². The van der Waals surface area contributed by atoms with Crippen molar-refractivity contribution in [2.75, 3.05) is 13.6 Å². The van der Waals surface area contributed by atoms with E-state index in [1.54, 1.807) is 11.3 Å². The molecule has 2 aromatic rings. The van der Waals surface area contributed by atoms with Gasteiger partial charge in [-0.15, -0.1) is 21.5 Å². The molecule has 1 aromatic carbocycles. The van der Waals surface area contributed by atoms with Crippen LogP contribution in [0.1, 0.15) is 27.1 Å². The Labute approximate surface area is 111 Å². The zero-order valence-corrected chi connectivity index (χ0v) is 11.3. The summed E-state index contributed by atoms with van der Waals surface area (Å²) in [7, 11) is 1.97. The topological polar surface area (TPSA) is 37.8 Å². The predicted octanol–water partition coefficient (Wildman–Crippen LogP) is 2.18. The van der Waals surface area contributed by atoms with Crippen LogP contribution in [-0.2, 0) is 19.3 Å². The van der Waals surface area contributed by atoms with Gasteiger partial charge in [0, 0.05) is 18.9 Å². The van der Waals surface area contributed by atoms with Crippen molar-refractivity contribution in [1.82, 2.24) is 15.5 Å². The zero-order chi connectivity index (χ0) is 12.4. The van der Waals surface area contributed by atoms with Gasteiger partial charge in [-0.2, -0.15) is 0 Å². The molecule has 94 valence electrons. The quantitative estimate of drug-likeness (QED) is 0.914. The molecule has 1 aromatic heterocycles. The number of likely N-dealkylation sites (N-methyl/N-ethyl adjacent to an activating group) is 1. The maximum absolute atomic E-state index is 4.37. The molecule has 0 saturated heterocycles. The van der Waals surface area contributed by atoms with Gasteiger partial charge in [-0.25, -0.2) is 0 Å². The fraction of sp³-hybridized carbons (Fsp3) is 0.429. The van der Waals surface area contributed by atoms with Crippen molar-refractivity contribution < 1.29 is 0 Å². The molecule has 3 rings (SSSR count). The summed E-state index contributed by atoms with van der Waals surface area (Å²) in [6, 6.07) is 8.72. The highest BCUT2D eigenvalue weighted by Crippen LogP contribution is 2.34. The molecular weight excluding hydrogens is 242 g/mol. The molecule has 18 heavy (non-hydrogen) atoms. The fourth-order valence-electron chi connectivity index (χ4n) is 2.50. The molecule has 1 aliphatic carbocycles. The number of benzene rings is 1. The van der Waals surface area contributed by atoms with Crippen LogP contribution in [0.4, 0.5) is 0 Å². The highest BCUT2D eigenvalue weighted by atomic mass is 32.1. The van der Waals surface area contributed by atoms with E-state index in [1.807, 2.05) is 7.05 Å². The fourth-order valence-corrected chi connectivity index (χ4v) is 3.44. The van der Waals surface area contributed by atoms with E-state index >= 15 is 0 Å². The van der Waals surface area contributed by atoms with E-state index in [2.05, 4.69) is 39.8 Å². The lowest BCUT2D eigenvalue weighted by atomic mass is 10.1. The van der Waals surface area contributed by atoms with Crippen LogP contribution in [0.5, 0.6) is 0 Å². The van der Waals surface area contributed by atoms with Crippen molar-refractivity contribution in [1.29, 1.82) is 0 Å². The molecule has 0 bridgehead atoms. The summed E-state index contributed by atoms with van der Waals surface area (Å²) in [5, 5.41) is 14.2. The Kier molecular flexibility index (Phi) is 3.39. The minimum absolute atomic E-state index is 0.545. The van der Waals surface area contributed by atoms with Gasteiger partial charge >= 0.3 is 0 Å². The standard InChI is InChI=1S/C14H17N3S/c1-15-7-6-13-16-17-14(18-13)12-8-10-4-2-3-5-11(10)9-12/h2-5,12,15H,6-9H2,1H3. The third-order valence-corrected chi connectivity index (χ3v) is 4.62. The minimum Gasteiger partial charge on any atom is -0.319 e. The van der Waals surface area contributed by atoms with E-state index in [1.165, 1.54) is 16.1 Å². The Morgan fingerprint density at radius 1 is 1.22 bits per heavy atom. The number of nitrogens with zero attached hydrogens (tertiary/aromatic N) is 2. The number of hydrogen-bond acceptors (Lipinski definition) is 4. The van der Waals surface area contributed by atoms with Crippen LogP contribution >= 0.6 is 11.3 Å². The highest BCUT2D eigenvalue weighted by Gasteiger charge is 2.25. The molecule has 1 heterocycles. The van der Waals surface area contributed by atoms with E-state index in [0.29, 0.717) is 5.92 Å². The molecule has 0 spiro atoms. The molecule has 0 fully saturated rings. The lowest BCUT2D eigenvalue weighted by Gasteiger charge is -2.01. The van der Waals surface area contributed by atoms with Gasteiger partial charge in [-0.3, -0.25) is 0 Å². The second kappa shape index (κ2) is 5.16. The maximum Gasteiger partial charge on any atom is 0.121 e. The molecular formula is C14H17N3S. The second-order valence-electron chi connectivity index (χ2n) is 4.76. The lowest BCUT2D eigenvalue weighted by Crippen LogP contribution is -2.09. The first kappa shape index (κ1) is 11.8. The van der Waals surface area contributed by atoms with Crippen molar-refractivity contribution in [3.63, 3.8) is 0 Å². The average molecular weight is 259 g/mol. The van der Waals surface area contributed by atoms with Crippen molar-refractivity contribution >= 4 is 11.3 Å². The Hall–Kier alpha value is -1.26. The molecule has 1 aliphatic rings. The summed E-state index contributed by atoms with van der Waals surface area (Å²) in [4.78, 5) is 0.